The Morgan fingerprint density at radius 2 is 2.05 bits per heavy atom. The van der Waals surface area contributed by atoms with Gasteiger partial charge in [0, 0.05) is 46.5 Å². The van der Waals surface area contributed by atoms with E-state index in [0.717, 1.165) is 37.7 Å². The molecule has 1 saturated heterocycles. The number of nitrogens with one attached hydrogen (secondary N) is 1. The molecule has 0 unspecified atom stereocenters. The zero-order valence-corrected chi connectivity index (χ0v) is 13.9. The summed E-state index contributed by atoms with van der Waals surface area (Å²) >= 11 is 5.43. The lowest BCUT2D eigenvalue weighted by molar-refractivity contribution is 0.0899. The van der Waals surface area contributed by atoms with Gasteiger partial charge < -0.3 is 19.9 Å². The molecule has 0 spiro atoms. The first kappa shape index (κ1) is 16.0. The average Bonchev–Trinajstić information content (AvgIpc) is 2.99. The zero-order chi connectivity index (χ0) is 15.2. The molecular weight excluding hydrogens is 282 g/mol. The molecule has 1 atom stereocenters. The molecule has 1 aromatic carbocycles. The monoisotopic (exact) mass is 307 g/mol. The molecule has 0 aliphatic carbocycles. The normalized spacial score (nSPS) is 17.6. The Balaban J connectivity index is 2.01. The minimum absolute atomic E-state index is 0.303. The van der Waals surface area contributed by atoms with Gasteiger partial charge in [-0.2, -0.15) is 0 Å². The first-order valence-electron chi connectivity index (χ1n) is 7.44. The highest BCUT2D eigenvalue weighted by atomic mass is 32.1. The first-order chi connectivity index (χ1) is 10.1. The third kappa shape index (κ3) is 4.58. The molecule has 0 radical (unpaired) electrons. The van der Waals surface area contributed by atoms with Crippen molar-refractivity contribution in [1.82, 2.24) is 10.2 Å². The van der Waals surface area contributed by atoms with Crippen molar-refractivity contribution in [1.29, 1.82) is 0 Å². The lowest BCUT2D eigenvalue weighted by Crippen LogP contribution is -2.41. The fourth-order valence-electron chi connectivity index (χ4n) is 2.53. The fourth-order valence-corrected chi connectivity index (χ4v) is 2.67. The van der Waals surface area contributed by atoms with Gasteiger partial charge >= 0.3 is 0 Å². The van der Waals surface area contributed by atoms with Crippen molar-refractivity contribution in [3.8, 4) is 0 Å². The van der Waals surface area contributed by atoms with Gasteiger partial charge in [-0.1, -0.05) is 12.1 Å². The maximum absolute atomic E-state index is 5.73. The summed E-state index contributed by atoms with van der Waals surface area (Å²) in [6.07, 6.45) is 2.59. The van der Waals surface area contributed by atoms with Crippen molar-refractivity contribution < 1.29 is 4.74 Å². The van der Waals surface area contributed by atoms with E-state index in [2.05, 4.69) is 53.5 Å². The summed E-state index contributed by atoms with van der Waals surface area (Å²) in [5, 5.41) is 3.86. The van der Waals surface area contributed by atoms with Crippen LogP contribution in [0, 0.1) is 0 Å². The van der Waals surface area contributed by atoms with Crippen molar-refractivity contribution in [3.63, 3.8) is 0 Å². The predicted molar refractivity (Wildman–Crippen MR) is 91.8 cm³/mol. The van der Waals surface area contributed by atoms with Crippen molar-refractivity contribution in [3.05, 3.63) is 29.8 Å². The number of hydrogen-bond acceptors (Lipinski definition) is 3. The number of anilines is 1. The number of thiocarbonyl (C=S) groups is 1. The van der Waals surface area contributed by atoms with E-state index in [-0.39, 0.29) is 0 Å². The highest BCUT2D eigenvalue weighted by Gasteiger charge is 2.20. The quantitative estimate of drug-likeness (QED) is 0.842. The van der Waals surface area contributed by atoms with E-state index in [4.69, 9.17) is 17.0 Å². The van der Waals surface area contributed by atoms with Crippen molar-refractivity contribution in [2.75, 3.05) is 39.2 Å². The highest BCUT2D eigenvalue weighted by molar-refractivity contribution is 7.80. The SMILES string of the molecule is CNC(=S)N(Cc1ccc(N(C)C)cc1)C[C@H]1CCCO1. The van der Waals surface area contributed by atoms with Crippen LogP contribution < -0.4 is 10.2 Å². The molecule has 1 aromatic rings. The average molecular weight is 307 g/mol. The van der Waals surface area contributed by atoms with E-state index in [1.54, 1.807) is 0 Å². The van der Waals surface area contributed by atoms with Crippen LogP contribution in [0.4, 0.5) is 5.69 Å². The van der Waals surface area contributed by atoms with Crippen LogP contribution in [0.15, 0.2) is 24.3 Å². The topological polar surface area (TPSA) is 27.7 Å². The summed E-state index contributed by atoms with van der Waals surface area (Å²) in [4.78, 5) is 4.29. The van der Waals surface area contributed by atoms with E-state index in [9.17, 15) is 0 Å². The second-order valence-corrected chi connectivity index (χ2v) is 6.02. The molecule has 0 saturated carbocycles. The maximum atomic E-state index is 5.73. The third-order valence-corrected chi connectivity index (χ3v) is 4.24. The predicted octanol–water partition coefficient (Wildman–Crippen LogP) is 2.24. The van der Waals surface area contributed by atoms with Crippen LogP contribution in [0.5, 0.6) is 0 Å². The molecule has 1 aliphatic rings. The summed E-state index contributed by atoms with van der Waals surface area (Å²) in [6, 6.07) is 8.61. The van der Waals surface area contributed by atoms with Crippen LogP contribution in [0.2, 0.25) is 0 Å². The molecule has 116 valence electrons. The molecular formula is C16H25N3OS. The van der Waals surface area contributed by atoms with Gasteiger partial charge in [-0.25, -0.2) is 0 Å². The van der Waals surface area contributed by atoms with Gasteiger partial charge in [0.05, 0.1) is 6.10 Å². The molecule has 5 heteroatoms. The molecule has 1 heterocycles. The molecule has 21 heavy (non-hydrogen) atoms. The summed E-state index contributed by atoms with van der Waals surface area (Å²) in [7, 11) is 5.98. The number of rotatable bonds is 5. The van der Waals surface area contributed by atoms with E-state index in [0.29, 0.717) is 6.10 Å². The molecule has 4 nitrogen and oxygen atoms in total. The molecule has 0 bridgehead atoms. The largest absolute Gasteiger partial charge is 0.378 e. The summed E-state index contributed by atoms with van der Waals surface area (Å²) in [5.41, 5.74) is 2.47. The number of benzene rings is 1. The van der Waals surface area contributed by atoms with Crippen molar-refractivity contribution in [2.45, 2.75) is 25.5 Å². The van der Waals surface area contributed by atoms with Crippen LogP contribution in [0.1, 0.15) is 18.4 Å². The van der Waals surface area contributed by atoms with Crippen molar-refractivity contribution >= 4 is 23.0 Å². The van der Waals surface area contributed by atoms with Gasteiger partial charge in [0.15, 0.2) is 5.11 Å². The lowest BCUT2D eigenvalue weighted by atomic mass is 10.1. The summed E-state index contributed by atoms with van der Waals surface area (Å²) in [5.74, 6) is 0. The lowest BCUT2D eigenvalue weighted by Gasteiger charge is -2.27. The van der Waals surface area contributed by atoms with Crippen LogP contribution in [-0.2, 0) is 11.3 Å². The van der Waals surface area contributed by atoms with Gasteiger partial charge in [-0.15, -0.1) is 0 Å². The minimum atomic E-state index is 0.303. The Morgan fingerprint density at radius 1 is 1.33 bits per heavy atom. The maximum Gasteiger partial charge on any atom is 0.169 e. The van der Waals surface area contributed by atoms with Crippen LogP contribution in [0.3, 0.4) is 0 Å². The Bertz CT molecular complexity index is 455. The molecule has 1 aliphatic heterocycles. The zero-order valence-electron chi connectivity index (χ0n) is 13.1. The minimum Gasteiger partial charge on any atom is -0.378 e. The standard InChI is InChI=1S/C16H25N3OS/c1-17-16(21)19(12-15-5-4-10-20-15)11-13-6-8-14(9-7-13)18(2)3/h6-9,15H,4-5,10-12H2,1-3H3,(H,17,21)/t15-/m1/s1. The molecule has 2 rings (SSSR count). The molecule has 0 amide bonds. The Kier molecular flexibility index (Phi) is 5.82. The number of nitrogens with zero attached hydrogens (tertiary/aromatic N) is 2. The van der Waals surface area contributed by atoms with E-state index < -0.39 is 0 Å². The second-order valence-electron chi connectivity index (χ2n) is 5.63. The Morgan fingerprint density at radius 3 is 2.57 bits per heavy atom. The van der Waals surface area contributed by atoms with E-state index in [1.807, 2.05) is 7.05 Å². The summed E-state index contributed by atoms with van der Waals surface area (Å²) < 4.78 is 5.73. The van der Waals surface area contributed by atoms with E-state index >= 15 is 0 Å². The third-order valence-electron chi connectivity index (χ3n) is 3.78. The van der Waals surface area contributed by atoms with Crippen molar-refractivity contribution in [2.24, 2.45) is 0 Å². The van der Waals surface area contributed by atoms with Gasteiger partial charge in [0.25, 0.3) is 0 Å². The van der Waals surface area contributed by atoms with Crippen LogP contribution in [-0.4, -0.2) is 50.4 Å². The summed E-state index contributed by atoms with van der Waals surface area (Å²) in [6.45, 7) is 2.55. The van der Waals surface area contributed by atoms with Crippen LogP contribution in [0.25, 0.3) is 0 Å². The second kappa shape index (κ2) is 7.61. The molecule has 0 aromatic heterocycles. The van der Waals surface area contributed by atoms with Crippen LogP contribution >= 0.6 is 12.2 Å². The highest BCUT2D eigenvalue weighted by Crippen LogP contribution is 2.17. The van der Waals surface area contributed by atoms with Gasteiger partial charge in [0.2, 0.25) is 0 Å². The fraction of sp³-hybridized carbons (Fsp3) is 0.562. The first-order valence-corrected chi connectivity index (χ1v) is 7.85. The number of ether oxygens (including phenoxy) is 1. The molecule has 1 fully saturated rings. The van der Waals surface area contributed by atoms with Gasteiger partial charge in [0.1, 0.15) is 0 Å². The Hall–Kier alpha value is -1.33. The Labute approximate surface area is 133 Å². The molecule has 1 N–H and O–H groups in total. The van der Waals surface area contributed by atoms with Gasteiger partial charge in [-0.05, 0) is 42.8 Å². The van der Waals surface area contributed by atoms with Gasteiger partial charge in [-0.3, -0.25) is 0 Å². The van der Waals surface area contributed by atoms with E-state index in [1.165, 1.54) is 11.3 Å². The smallest absolute Gasteiger partial charge is 0.169 e. The number of hydrogen-bond donors (Lipinski definition) is 1.